The van der Waals surface area contributed by atoms with Gasteiger partial charge in [-0.1, -0.05) is 41.9 Å². The maximum atomic E-state index is 10.00. The van der Waals surface area contributed by atoms with Crippen LogP contribution in [0, 0.1) is 6.92 Å². The molecular weight excluding hydrogens is 426 g/mol. The van der Waals surface area contributed by atoms with Crippen molar-refractivity contribution in [2.75, 3.05) is 26.9 Å². The van der Waals surface area contributed by atoms with Crippen LogP contribution in [-0.2, 0) is 17.9 Å². The quantitative estimate of drug-likeness (QED) is 0.546. The predicted octanol–water partition coefficient (Wildman–Crippen LogP) is 4.39. The maximum Gasteiger partial charge on any atom is 0.139 e. The second-order valence-electron chi connectivity index (χ2n) is 8.39. The van der Waals surface area contributed by atoms with E-state index in [0.717, 1.165) is 42.1 Å². The average molecular weight is 456 g/mol. The standard InChI is InChI=1S/C25H30ClN3O3/c1-19-23(24(26)29(27-19)21-6-4-3-5-7-21)17-32-22-10-8-20(9-11-22)16-28(2)25(18-30)12-14-31-15-13-25/h3-11,30H,12-18H2,1-2H3. The molecule has 32 heavy (non-hydrogen) atoms. The van der Waals surface area contributed by atoms with Crippen LogP contribution in [0.15, 0.2) is 54.6 Å². The summed E-state index contributed by atoms with van der Waals surface area (Å²) in [6.45, 7) is 4.59. The number of ether oxygens (including phenoxy) is 2. The molecule has 4 rings (SSSR count). The Bertz CT molecular complexity index is 1010. The van der Waals surface area contributed by atoms with E-state index in [-0.39, 0.29) is 12.1 Å². The van der Waals surface area contributed by atoms with E-state index in [9.17, 15) is 5.11 Å². The average Bonchev–Trinajstić information content (AvgIpc) is 3.12. The fourth-order valence-corrected chi connectivity index (χ4v) is 4.46. The van der Waals surface area contributed by atoms with Gasteiger partial charge in [0.2, 0.25) is 0 Å². The summed E-state index contributed by atoms with van der Waals surface area (Å²) in [5.41, 5.74) is 3.61. The number of aliphatic hydroxyl groups is 1. The highest BCUT2D eigenvalue weighted by Crippen LogP contribution is 2.29. The molecule has 0 aliphatic carbocycles. The van der Waals surface area contributed by atoms with Crippen molar-refractivity contribution in [1.82, 2.24) is 14.7 Å². The second-order valence-corrected chi connectivity index (χ2v) is 8.74. The molecule has 0 bridgehead atoms. The molecule has 2 aromatic carbocycles. The maximum absolute atomic E-state index is 10.00. The van der Waals surface area contributed by atoms with E-state index in [1.165, 1.54) is 5.56 Å². The van der Waals surface area contributed by atoms with E-state index in [2.05, 4.69) is 29.2 Å². The SMILES string of the molecule is Cc1nn(-c2ccccc2)c(Cl)c1COc1ccc(CN(C)C2(CO)CCOCC2)cc1. The normalized spacial score (nSPS) is 15.8. The minimum Gasteiger partial charge on any atom is -0.489 e. The van der Waals surface area contributed by atoms with Crippen molar-refractivity contribution in [3.05, 3.63) is 76.6 Å². The van der Waals surface area contributed by atoms with Crippen LogP contribution in [0.5, 0.6) is 5.75 Å². The zero-order chi connectivity index (χ0) is 22.6. The molecule has 1 aliphatic rings. The molecule has 0 radical (unpaired) electrons. The Morgan fingerprint density at radius 1 is 1.12 bits per heavy atom. The molecule has 1 N–H and O–H groups in total. The van der Waals surface area contributed by atoms with E-state index in [4.69, 9.17) is 21.1 Å². The summed E-state index contributed by atoms with van der Waals surface area (Å²) < 4.78 is 13.2. The highest BCUT2D eigenvalue weighted by atomic mass is 35.5. The molecule has 1 aliphatic heterocycles. The molecule has 0 spiro atoms. The third-order valence-electron chi connectivity index (χ3n) is 6.38. The van der Waals surface area contributed by atoms with Crippen LogP contribution in [0.3, 0.4) is 0 Å². The van der Waals surface area contributed by atoms with E-state index < -0.39 is 0 Å². The predicted molar refractivity (Wildman–Crippen MR) is 125 cm³/mol. The first-order valence-electron chi connectivity index (χ1n) is 10.9. The third kappa shape index (κ3) is 4.84. The Labute approximate surface area is 194 Å². The molecule has 6 nitrogen and oxygen atoms in total. The molecule has 1 fully saturated rings. The lowest BCUT2D eigenvalue weighted by Crippen LogP contribution is -2.52. The first-order chi connectivity index (χ1) is 15.5. The zero-order valence-corrected chi connectivity index (χ0v) is 19.4. The Hall–Kier alpha value is -2.38. The Kier molecular flexibility index (Phi) is 7.16. The monoisotopic (exact) mass is 455 g/mol. The Morgan fingerprint density at radius 2 is 1.81 bits per heavy atom. The van der Waals surface area contributed by atoms with Crippen molar-refractivity contribution in [1.29, 1.82) is 0 Å². The van der Waals surface area contributed by atoms with Gasteiger partial charge in [0.15, 0.2) is 0 Å². The van der Waals surface area contributed by atoms with Crippen molar-refractivity contribution in [2.24, 2.45) is 0 Å². The number of aryl methyl sites for hydroxylation is 1. The van der Waals surface area contributed by atoms with Crippen molar-refractivity contribution < 1.29 is 14.6 Å². The zero-order valence-electron chi connectivity index (χ0n) is 18.6. The lowest BCUT2D eigenvalue weighted by molar-refractivity contribution is -0.0493. The first-order valence-corrected chi connectivity index (χ1v) is 11.3. The molecule has 0 amide bonds. The fourth-order valence-electron chi connectivity index (χ4n) is 4.14. The smallest absolute Gasteiger partial charge is 0.139 e. The van der Waals surface area contributed by atoms with Crippen molar-refractivity contribution in [2.45, 2.75) is 38.5 Å². The van der Waals surface area contributed by atoms with E-state index >= 15 is 0 Å². The summed E-state index contributed by atoms with van der Waals surface area (Å²) in [7, 11) is 2.07. The molecule has 0 saturated carbocycles. The number of likely N-dealkylation sites (N-methyl/N-ethyl adjacent to an activating group) is 1. The van der Waals surface area contributed by atoms with Gasteiger partial charge in [0.1, 0.15) is 17.5 Å². The van der Waals surface area contributed by atoms with Gasteiger partial charge in [0, 0.05) is 30.9 Å². The van der Waals surface area contributed by atoms with Gasteiger partial charge in [0.05, 0.1) is 18.0 Å². The number of halogens is 1. The van der Waals surface area contributed by atoms with Gasteiger partial charge in [-0.2, -0.15) is 5.10 Å². The first kappa shape index (κ1) is 22.8. The number of nitrogens with zero attached hydrogens (tertiary/aromatic N) is 3. The van der Waals surface area contributed by atoms with Crippen LogP contribution < -0.4 is 4.74 Å². The summed E-state index contributed by atoms with van der Waals surface area (Å²) in [6.07, 6.45) is 1.69. The Balaban J connectivity index is 1.39. The lowest BCUT2D eigenvalue weighted by Gasteiger charge is -2.43. The number of rotatable bonds is 8. The highest BCUT2D eigenvalue weighted by Gasteiger charge is 2.35. The van der Waals surface area contributed by atoms with Crippen LogP contribution in [0.25, 0.3) is 5.69 Å². The Morgan fingerprint density at radius 3 is 2.47 bits per heavy atom. The number of aromatic nitrogens is 2. The summed E-state index contributed by atoms with van der Waals surface area (Å²) in [5.74, 6) is 0.780. The number of para-hydroxylation sites is 1. The number of benzene rings is 2. The van der Waals surface area contributed by atoms with E-state index in [0.29, 0.717) is 25.0 Å². The second kappa shape index (κ2) is 10.0. The van der Waals surface area contributed by atoms with Crippen molar-refractivity contribution >= 4 is 11.6 Å². The fraction of sp³-hybridized carbons (Fsp3) is 0.400. The lowest BCUT2D eigenvalue weighted by atomic mass is 9.89. The minimum atomic E-state index is -0.208. The number of aliphatic hydroxyl groups excluding tert-OH is 1. The van der Waals surface area contributed by atoms with Crippen molar-refractivity contribution in [3.63, 3.8) is 0 Å². The summed E-state index contributed by atoms with van der Waals surface area (Å²) in [6, 6.07) is 17.9. The summed E-state index contributed by atoms with van der Waals surface area (Å²) in [4.78, 5) is 2.24. The molecule has 1 aromatic heterocycles. The summed E-state index contributed by atoms with van der Waals surface area (Å²) in [5, 5.41) is 15.1. The molecule has 0 atom stereocenters. The molecule has 7 heteroatoms. The summed E-state index contributed by atoms with van der Waals surface area (Å²) >= 11 is 6.60. The topological polar surface area (TPSA) is 59.8 Å². The van der Waals surface area contributed by atoms with Crippen LogP contribution in [-0.4, -0.2) is 52.2 Å². The van der Waals surface area contributed by atoms with E-state index in [1.54, 1.807) is 4.68 Å². The molecule has 2 heterocycles. The van der Waals surface area contributed by atoms with Crippen LogP contribution >= 0.6 is 11.6 Å². The number of hydrogen-bond acceptors (Lipinski definition) is 5. The molecule has 3 aromatic rings. The van der Waals surface area contributed by atoms with Gasteiger partial charge in [-0.05, 0) is 56.6 Å². The van der Waals surface area contributed by atoms with Gasteiger partial charge in [-0.15, -0.1) is 0 Å². The third-order valence-corrected chi connectivity index (χ3v) is 6.76. The minimum absolute atomic E-state index is 0.144. The molecule has 1 saturated heterocycles. The molecule has 0 unspecified atom stereocenters. The van der Waals surface area contributed by atoms with Crippen LogP contribution in [0.4, 0.5) is 0 Å². The van der Waals surface area contributed by atoms with Crippen LogP contribution in [0.2, 0.25) is 5.15 Å². The van der Waals surface area contributed by atoms with Gasteiger partial charge in [-0.25, -0.2) is 4.68 Å². The van der Waals surface area contributed by atoms with Gasteiger partial charge in [-0.3, -0.25) is 4.90 Å². The van der Waals surface area contributed by atoms with E-state index in [1.807, 2.05) is 49.4 Å². The highest BCUT2D eigenvalue weighted by molar-refractivity contribution is 6.30. The van der Waals surface area contributed by atoms with Crippen molar-refractivity contribution in [3.8, 4) is 11.4 Å². The van der Waals surface area contributed by atoms with Crippen LogP contribution in [0.1, 0.15) is 29.7 Å². The number of hydrogen-bond donors (Lipinski definition) is 1. The molecule has 170 valence electrons. The molecular formula is C25H30ClN3O3. The van der Waals surface area contributed by atoms with Gasteiger partial charge < -0.3 is 14.6 Å². The van der Waals surface area contributed by atoms with Gasteiger partial charge in [0.25, 0.3) is 0 Å². The largest absolute Gasteiger partial charge is 0.489 e. The van der Waals surface area contributed by atoms with Gasteiger partial charge >= 0.3 is 0 Å².